The summed E-state index contributed by atoms with van der Waals surface area (Å²) in [4.78, 5) is 37.2. The number of likely N-dealkylation sites (N-methyl/N-ethyl adjacent to an activating group) is 1. The zero-order valence-corrected chi connectivity index (χ0v) is 18.7. The van der Waals surface area contributed by atoms with Gasteiger partial charge < -0.3 is 26.2 Å². The summed E-state index contributed by atoms with van der Waals surface area (Å²) in [5.74, 6) is 1.32. The summed E-state index contributed by atoms with van der Waals surface area (Å²) in [6, 6.07) is 7.83. The van der Waals surface area contributed by atoms with Gasteiger partial charge in [-0.15, -0.1) is 0 Å². The number of primary amides is 1. The van der Waals surface area contributed by atoms with Crippen molar-refractivity contribution in [2.75, 3.05) is 44.4 Å². The molecule has 4 N–H and O–H groups in total. The molecule has 2 fully saturated rings. The van der Waals surface area contributed by atoms with Crippen molar-refractivity contribution in [1.29, 1.82) is 0 Å². The molecule has 0 radical (unpaired) electrons. The highest BCUT2D eigenvalue weighted by Crippen LogP contribution is 2.42. The van der Waals surface area contributed by atoms with Crippen molar-refractivity contribution in [3.8, 4) is 0 Å². The van der Waals surface area contributed by atoms with Gasteiger partial charge in [-0.2, -0.15) is 4.98 Å². The van der Waals surface area contributed by atoms with Crippen LogP contribution < -0.4 is 16.4 Å². The maximum absolute atomic E-state index is 13.0. The number of nitrogens with two attached hydrogens (primary N) is 1. The lowest BCUT2D eigenvalue weighted by Crippen LogP contribution is -2.34. The monoisotopic (exact) mass is 437 g/mol. The molecular weight excluding hydrogens is 406 g/mol. The van der Waals surface area contributed by atoms with E-state index in [-0.39, 0.29) is 18.2 Å². The molecule has 32 heavy (non-hydrogen) atoms. The van der Waals surface area contributed by atoms with Gasteiger partial charge in [-0.3, -0.25) is 9.59 Å². The molecule has 1 aromatic carbocycles. The smallest absolute Gasteiger partial charge is 0.253 e. The molecule has 1 aliphatic heterocycles. The van der Waals surface area contributed by atoms with Gasteiger partial charge in [0.25, 0.3) is 5.91 Å². The molecule has 1 saturated carbocycles. The van der Waals surface area contributed by atoms with E-state index in [0.29, 0.717) is 30.0 Å². The normalized spacial score (nSPS) is 18.1. The number of carbonyl (C=O) groups excluding carboxylic acids is 2. The van der Waals surface area contributed by atoms with Crippen LogP contribution >= 0.6 is 0 Å². The number of aromatic nitrogens is 2. The Morgan fingerprint density at radius 3 is 2.75 bits per heavy atom. The lowest BCUT2D eigenvalue weighted by atomic mass is 10.1. The van der Waals surface area contributed by atoms with Gasteiger partial charge >= 0.3 is 0 Å². The van der Waals surface area contributed by atoms with E-state index in [9.17, 15) is 9.59 Å². The largest absolute Gasteiger partial charge is 0.370 e. The maximum Gasteiger partial charge on any atom is 0.253 e. The Labute approximate surface area is 188 Å². The number of likely N-dealkylation sites (tertiary alicyclic amines) is 1. The molecule has 0 bridgehead atoms. The molecule has 2 aliphatic rings. The molecule has 9 heteroatoms. The number of hydrogen-bond acceptors (Lipinski definition) is 7. The minimum absolute atomic E-state index is 0.0387. The fourth-order valence-electron chi connectivity index (χ4n) is 3.98. The van der Waals surface area contributed by atoms with E-state index >= 15 is 0 Å². The minimum Gasteiger partial charge on any atom is -0.370 e. The van der Waals surface area contributed by atoms with E-state index in [1.165, 1.54) is 0 Å². The number of hydrogen-bond donors (Lipinski definition) is 3. The van der Waals surface area contributed by atoms with Gasteiger partial charge in [0.1, 0.15) is 5.82 Å². The Morgan fingerprint density at radius 1 is 1.25 bits per heavy atom. The minimum atomic E-state index is -0.353. The van der Waals surface area contributed by atoms with Crippen LogP contribution in [0, 0.1) is 0 Å². The molecule has 1 atom stereocenters. The Bertz CT molecular complexity index is 990. The van der Waals surface area contributed by atoms with Gasteiger partial charge in [0, 0.05) is 55.1 Å². The van der Waals surface area contributed by atoms with Crippen LogP contribution in [0.3, 0.4) is 0 Å². The lowest BCUT2D eigenvalue weighted by Gasteiger charge is -2.20. The average Bonchev–Trinajstić information content (AvgIpc) is 3.48. The Kier molecular flexibility index (Phi) is 6.55. The fourth-order valence-corrected chi connectivity index (χ4v) is 3.98. The van der Waals surface area contributed by atoms with Gasteiger partial charge in [0.15, 0.2) is 0 Å². The first-order valence-electron chi connectivity index (χ1n) is 11.1. The van der Waals surface area contributed by atoms with Crippen molar-refractivity contribution < 1.29 is 9.59 Å². The summed E-state index contributed by atoms with van der Waals surface area (Å²) in [6.07, 6.45) is 5.31. The number of carbonyl (C=O) groups is 2. The summed E-state index contributed by atoms with van der Waals surface area (Å²) < 4.78 is 0. The van der Waals surface area contributed by atoms with E-state index < -0.39 is 0 Å². The Hall–Kier alpha value is -3.20. The first kappa shape index (κ1) is 22.0. The Balaban J connectivity index is 1.46. The molecule has 4 rings (SSSR count). The van der Waals surface area contributed by atoms with E-state index in [4.69, 9.17) is 5.73 Å². The molecule has 170 valence electrons. The van der Waals surface area contributed by atoms with E-state index in [1.807, 2.05) is 35.4 Å². The maximum atomic E-state index is 13.0. The molecule has 2 amide bonds. The average molecular weight is 438 g/mol. The fraction of sp³-hybridized carbons (Fsp3) is 0.478. The predicted molar refractivity (Wildman–Crippen MR) is 124 cm³/mol. The zero-order chi connectivity index (χ0) is 22.7. The summed E-state index contributed by atoms with van der Waals surface area (Å²) >= 11 is 0. The van der Waals surface area contributed by atoms with Crippen molar-refractivity contribution in [2.24, 2.45) is 5.73 Å². The summed E-state index contributed by atoms with van der Waals surface area (Å²) in [5.41, 5.74) is 7.70. The molecule has 1 saturated heterocycles. The lowest BCUT2D eigenvalue weighted by molar-refractivity contribution is -0.117. The first-order valence-corrected chi connectivity index (χ1v) is 11.1. The molecular formula is C23H31N7O2. The second-order valence-electron chi connectivity index (χ2n) is 8.78. The van der Waals surface area contributed by atoms with Crippen LogP contribution in [0.15, 0.2) is 30.5 Å². The molecule has 0 unspecified atom stereocenters. The van der Waals surface area contributed by atoms with Crippen molar-refractivity contribution in [3.05, 3.63) is 41.6 Å². The molecule has 1 aromatic heterocycles. The SMILES string of the molecule is CN(C)[C@@H]1CCN(C(=O)c2cccc(Nc3ncc(C4CC4)c(NCCC(N)=O)n3)c2)C1. The van der Waals surface area contributed by atoms with Crippen molar-refractivity contribution >= 4 is 29.3 Å². The highest BCUT2D eigenvalue weighted by Gasteiger charge is 2.29. The summed E-state index contributed by atoms with van der Waals surface area (Å²) in [7, 11) is 4.10. The van der Waals surface area contributed by atoms with Crippen LogP contribution in [0.4, 0.5) is 17.5 Å². The zero-order valence-electron chi connectivity index (χ0n) is 18.7. The van der Waals surface area contributed by atoms with Crippen molar-refractivity contribution in [1.82, 2.24) is 19.8 Å². The molecule has 2 aromatic rings. The van der Waals surface area contributed by atoms with Gasteiger partial charge in [-0.05, 0) is 57.5 Å². The van der Waals surface area contributed by atoms with Crippen molar-refractivity contribution in [2.45, 2.75) is 37.6 Å². The van der Waals surface area contributed by atoms with Crippen LogP contribution in [0.1, 0.15) is 47.5 Å². The van der Waals surface area contributed by atoms with E-state index in [0.717, 1.165) is 49.4 Å². The quantitative estimate of drug-likeness (QED) is 0.550. The van der Waals surface area contributed by atoms with E-state index in [1.54, 1.807) is 0 Å². The number of anilines is 3. The van der Waals surface area contributed by atoms with Crippen molar-refractivity contribution in [3.63, 3.8) is 0 Å². The van der Waals surface area contributed by atoms with Gasteiger partial charge in [0.2, 0.25) is 11.9 Å². The number of benzene rings is 1. The second-order valence-corrected chi connectivity index (χ2v) is 8.78. The number of amides is 2. The third-order valence-electron chi connectivity index (χ3n) is 6.04. The van der Waals surface area contributed by atoms with Crippen LogP contribution in [-0.2, 0) is 4.79 Å². The van der Waals surface area contributed by atoms with Crippen LogP contribution in [0.2, 0.25) is 0 Å². The van der Waals surface area contributed by atoms with Gasteiger partial charge in [-0.25, -0.2) is 4.98 Å². The molecule has 2 heterocycles. The molecule has 1 aliphatic carbocycles. The highest BCUT2D eigenvalue weighted by atomic mass is 16.2. The first-order chi connectivity index (χ1) is 15.4. The summed E-state index contributed by atoms with van der Waals surface area (Å²) in [6.45, 7) is 1.94. The van der Waals surface area contributed by atoms with Gasteiger partial charge in [0.05, 0.1) is 0 Å². The van der Waals surface area contributed by atoms with Crippen LogP contribution in [0.5, 0.6) is 0 Å². The topological polar surface area (TPSA) is 116 Å². The highest BCUT2D eigenvalue weighted by molar-refractivity contribution is 5.95. The van der Waals surface area contributed by atoms with Gasteiger partial charge in [-0.1, -0.05) is 6.07 Å². The molecule has 9 nitrogen and oxygen atoms in total. The Morgan fingerprint density at radius 2 is 2.06 bits per heavy atom. The molecule has 0 spiro atoms. The number of nitrogens with one attached hydrogen (secondary N) is 2. The standard InChI is InChI=1S/C23H31N7O2/c1-29(2)18-9-11-30(14-18)22(32)16-4-3-5-17(12-16)27-23-26-13-19(15-6-7-15)21(28-23)25-10-8-20(24)31/h3-5,12-13,15,18H,6-11,14H2,1-2H3,(H2,24,31)(H2,25,26,27,28)/t18-/m1/s1. The second kappa shape index (κ2) is 9.52. The predicted octanol–water partition coefficient (Wildman–Crippen LogP) is 2.16. The third-order valence-corrected chi connectivity index (χ3v) is 6.04. The van der Waals surface area contributed by atoms with E-state index in [2.05, 4.69) is 39.6 Å². The summed E-state index contributed by atoms with van der Waals surface area (Å²) in [5, 5.41) is 6.43. The van der Waals surface area contributed by atoms with Crippen LogP contribution in [0.25, 0.3) is 0 Å². The van der Waals surface area contributed by atoms with Crippen LogP contribution in [-0.4, -0.2) is 71.4 Å². The number of nitrogens with zero attached hydrogens (tertiary/aromatic N) is 4. The number of rotatable bonds is 9. The third kappa shape index (κ3) is 5.34.